The molecule has 6 nitrogen and oxygen atoms in total. The average Bonchev–Trinajstić information content (AvgIpc) is 2.59. The maximum atomic E-state index is 13.2. The van der Waals surface area contributed by atoms with E-state index in [1.54, 1.807) is 24.3 Å². The lowest BCUT2D eigenvalue weighted by atomic mass is 10.0. The lowest BCUT2D eigenvalue weighted by Gasteiger charge is -2.07. The number of carbonyl (C=O) groups excluding carboxylic acids is 2. The van der Waals surface area contributed by atoms with Gasteiger partial charge in [0, 0.05) is 18.2 Å². The smallest absolute Gasteiger partial charge is 0.397 e. The highest BCUT2D eigenvalue weighted by molar-refractivity contribution is 6.37. The quantitative estimate of drug-likeness (QED) is 0.440. The van der Waals surface area contributed by atoms with Crippen molar-refractivity contribution >= 4 is 23.5 Å². The summed E-state index contributed by atoms with van der Waals surface area (Å²) in [5, 5.41) is 10.8. The molecule has 0 atom stereocenters. The number of hydrogen-bond donors (Lipinski definition) is 2. The molecule has 0 aliphatic heterocycles. The SMILES string of the molecule is O=C(O)CCCOC(=O)C(=O)Nc1ccc(Cc2cc(F)cc(F)c2)cc1. The van der Waals surface area contributed by atoms with Gasteiger partial charge in [0.15, 0.2) is 0 Å². The van der Waals surface area contributed by atoms with Crippen molar-refractivity contribution < 1.29 is 33.0 Å². The summed E-state index contributed by atoms with van der Waals surface area (Å²) in [6.07, 6.45) is 0.254. The van der Waals surface area contributed by atoms with Crippen molar-refractivity contribution in [3.63, 3.8) is 0 Å². The minimum Gasteiger partial charge on any atom is -0.481 e. The van der Waals surface area contributed by atoms with Crippen molar-refractivity contribution in [2.24, 2.45) is 0 Å². The zero-order chi connectivity index (χ0) is 19.8. The highest BCUT2D eigenvalue weighted by Gasteiger charge is 2.15. The molecule has 2 rings (SSSR count). The first kappa shape index (κ1) is 20.0. The minimum atomic E-state index is -1.11. The number of carboxylic acids is 1. The van der Waals surface area contributed by atoms with E-state index in [1.807, 2.05) is 0 Å². The van der Waals surface area contributed by atoms with Crippen molar-refractivity contribution in [1.29, 1.82) is 0 Å². The van der Waals surface area contributed by atoms with Crippen LogP contribution in [0.1, 0.15) is 24.0 Å². The number of aliphatic carboxylic acids is 1. The molecule has 2 N–H and O–H groups in total. The van der Waals surface area contributed by atoms with E-state index in [0.29, 0.717) is 17.7 Å². The van der Waals surface area contributed by atoms with Crippen molar-refractivity contribution in [2.75, 3.05) is 11.9 Å². The van der Waals surface area contributed by atoms with Crippen molar-refractivity contribution in [2.45, 2.75) is 19.3 Å². The first-order valence-electron chi connectivity index (χ1n) is 8.07. The summed E-state index contributed by atoms with van der Waals surface area (Å²) in [5.41, 5.74) is 1.57. The van der Waals surface area contributed by atoms with Gasteiger partial charge < -0.3 is 15.2 Å². The third kappa shape index (κ3) is 6.85. The summed E-state index contributed by atoms with van der Waals surface area (Å²) in [7, 11) is 0. The van der Waals surface area contributed by atoms with Crippen LogP contribution in [0.4, 0.5) is 14.5 Å². The Morgan fingerprint density at radius 2 is 1.59 bits per heavy atom. The Kier molecular flexibility index (Phi) is 6.99. The number of rotatable bonds is 7. The Balaban J connectivity index is 1.86. The number of hydrogen-bond acceptors (Lipinski definition) is 4. The molecular formula is C19H17F2NO5. The van der Waals surface area contributed by atoms with E-state index in [4.69, 9.17) is 5.11 Å². The van der Waals surface area contributed by atoms with Gasteiger partial charge in [-0.1, -0.05) is 12.1 Å². The zero-order valence-corrected chi connectivity index (χ0v) is 14.2. The molecule has 0 saturated heterocycles. The summed E-state index contributed by atoms with van der Waals surface area (Å²) >= 11 is 0. The maximum Gasteiger partial charge on any atom is 0.397 e. The van der Waals surface area contributed by atoms with Gasteiger partial charge in [-0.25, -0.2) is 13.6 Å². The van der Waals surface area contributed by atoms with Gasteiger partial charge in [0.05, 0.1) is 6.61 Å². The molecule has 0 aliphatic rings. The molecule has 0 heterocycles. The fraction of sp³-hybridized carbons (Fsp3) is 0.211. The van der Waals surface area contributed by atoms with E-state index in [-0.39, 0.29) is 19.4 Å². The number of benzene rings is 2. The topological polar surface area (TPSA) is 92.7 Å². The number of ether oxygens (including phenoxy) is 1. The number of carboxylic acid groups (broad SMARTS) is 1. The van der Waals surface area contributed by atoms with Gasteiger partial charge >= 0.3 is 17.8 Å². The van der Waals surface area contributed by atoms with Gasteiger partial charge in [-0.2, -0.15) is 0 Å². The van der Waals surface area contributed by atoms with Crippen molar-refractivity contribution in [3.8, 4) is 0 Å². The van der Waals surface area contributed by atoms with Crippen LogP contribution in [-0.4, -0.2) is 29.6 Å². The van der Waals surface area contributed by atoms with Crippen LogP contribution < -0.4 is 5.32 Å². The minimum absolute atomic E-state index is 0.115. The Bertz CT molecular complexity index is 816. The number of carbonyl (C=O) groups is 3. The van der Waals surface area contributed by atoms with Gasteiger partial charge in [0.1, 0.15) is 11.6 Å². The molecule has 27 heavy (non-hydrogen) atoms. The second-order valence-electron chi connectivity index (χ2n) is 5.74. The fourth-order valence-electron chi connectivity index (χ4n) is 2.29. The van der Waals surface area contributed by atoms with Gasteiger partial charge in [-0.15, -0.1) is 0 Å². The van der Waals surface area contributed by atoms with Gasteiger partial charge in [0.25, 0.3) is 0 Å². The molecule has 8 heteroatoms. The summed E-state index contributed by atoms with van der Waals surface area (Å²) < 4.78 is 31.1. The lowest BCUT2D eigenvalue weighted by Crippen LogP contribution is -2.25. The summed E-state index contributed by atoms with van der Waals surface area (Å²) in [5.74, 6) is -4.42. The molecule has 0 unspecified atom stereocenters. The zero-order valence-electron chi connectivity index (χ0n) is 14.2. The molecule has 0 saturated carbocycles. The lowest BCUT2D eigenvalue weighted by molar-refractivity contribution is -0.153. The predicted molar refractivity (Wildman–Crippen MR) is 92.1 cm³/mol. The van der Waals surface area contributed by atoms with Crippen LogP contribution in [0.3, 0.4) is 0 Å². The standard InChI is InChI=1S/C19H17F2NO5/c20-14-9-13(10-15(21)11-14)8-12-3-5-16(6-4-12)22-18(25)19(26)27-7-1-2-17(23)24/h3-6,9-11H,1-2,7-8H2,(H,22,25)(H,23,24). The molecular weight excluding hydrogens is 360 g/mol. The highest BCUT2D eigenvalue weighted by atomic mass is 19.1. The Morgan fingerprint density at radius 3 is 2.19 bits per heavy atom. The summed E-state index contributed by atoms with van der Waals surface area (Å²) in [6.45, 7) is -0.165. The third-order valence-corrected chi connectivity index (χ3v) is 3.50. The van der Waals surface area contributed by atoms with Crippen LogP contribution in [0.25, 0.3) is 0 Å². The summed E-state index contributed by atoms with van der Waals surface area (Å²) in [6, 6.07) is 9.65. The molecule has 1 amide bonds. The fourth-order valence-corrected chi connectivity index (χ4v) is 2.29. The number of anilines is 1. The van der Waals surface area contributed by atoms with Crippen molar-refractivity contribution in [3.05, 3.63) is 65.2 Å². The maximum absolute atomic E-state index is 13.2. The molecule has 0 bridgehead atoms. The summed E-state index contributed by atoms with van der Waals surface area (Å²) in [4.78, 5) is 33.6. The number of esters is 1. The number of nitrogens with one attached hydrogen (secondary N) is 1. The average molecular weight is 377 g/mol. The van der Waals surface area contributed by atoms with E-state index < -0.39 is 29.5 Å². The predicted octanol–water partition coefficient (Wildman–Crippen LogP) is 2.90. The normalized spacial score (nSPS) is 10.3. The van der Waals surface area contributed by atoms with Crippen LogP contribution >= 0.6 is 0 Å². The van der Waals surface area contributed by atoms with Crippen LogP contribution in [-0.2, 0) is 25.5 Å². The Labute approximate surface area is 153 Å². The largest absolute Gasteiger partial charge is 0.481 e. The van der Waals surface area contributed by atoms with Crippen LogP contribution in [0.2, 0.25) is 0 Å². The monoisotopic (exact) mass is 377 g/mol. The van der Waals surface area contributed by atoms with Crippen LogP contribution in [0.5, 0.6) is 0 Å². The first-order chi connectivity index (χ1) is 12.8. The van der Waals surface area contributed by atoms with Crippen LogP contribution in [0.15, 0.2) is 42.5 Å². The molecule has 0 spiro atoms. The van der Waals surface area contributed by atoms with E-state index >= 15 is 0 Å². The first-order valence-corrected chi connectivity index (χ1v) is 8.07. The molecule has 2 aromatic rings. The van der Waals surface area contributed by atoms with E-state index in [1.165, 1.54) is 12.1 Å². The van der Waals surface area contributed by atoms with E-state index in [0.717, 1.165) is 11.6 Å². The van der Waals surface area contributed by atoms with Gasteiger partial charge in [-0.3, -0.25) is 9.59 Å². The van der Waals surface area contributed by atoms with E-state index in [2.05, 4.69) is 10.1 Å². The number of halogens is 2. The molecule has 0 aromatic heterocycles. The molecule has 0 fully saturated rings. The molecule has 0 aliphatic carbocycles. The van der Waals surface area contributed by atoms with Gasteiger partial charge in [0.2, 0.25) is 0 Å². The second kappa shape index (κ2) is 9.42. The van der Waals surface area contributed by atoms with E-state index in [9.17, 15) is 23.2 Å². The Morgan fingerprint density at radius 1 is 0.963 bits per heavy atom. The molecule has 2 aromatic carbocycles. The second-order valence-corrected chi connectivity index (χ2v) is 5.74. The molecule has 0 radical (unpaired) electrons. The van der Waals surface area contributed by atoms with Crippen molar-refractivity contribution in [1.82, 2.24) is 0 Å². The Hall–Kier alpha value is -3.29. The highest BCUT2D eigenvalue weighted by Crippen LogP contribution is 2.16. The van der Waals surface area contributed by atoms with Crippen LogP contribution in [0, 0.1) is 11.6 Å². The van der Waals surface area contributed by atoms with Gasteiger partial charge in [-0.05, 0) is 48.2 Å². The third-order valence-electron chi connectivity index (χ3n) is 3.50. The number of amides is 1. The molecule has 142 valence electrons.